The van der Waals surface area contributed by atoms with Crippen LogP contribution in [0.25, 0.3) is 0 Å². The van der Waals surface area contributed by atoms with Crippen molar-refractivity contribution in [3.63, 3.8) is 0 Å². The number of nitrogens with zero attached hydrogens (tertiary/aromatic N) is 2. The van der Waals surface area contributed by atoms with Gasteiger partial charge in [-0.15, -0.1) is 11.8 Å². The number of β-lactam (4-membered cyclic amide) rings is 1. The van der Waals surface area contributed by atoms with E-state index in [4.69, 9.17) is 22.1 Å². The summed E-state index contributed by atoms with van der Waals surface area (Å²) < 4.78 is 6.31. The molecule has 2 N–H and O–H groups in total. The molecule has 23 heavy (non-hydrogen) atoms. The maximum Gasteiger partial charge on any atom is 0.269 e. The van der Waals surface area contributed by atoms with Crippen molar-refractivity contribution in [1.29, 1.82) is 0 Å². The summed E-state index contributed by atoms with van der Waals surface area (Å²) in [6, 6.07) is -0.533. The Bertz CT molecular complexity index is 587. The maximum absolute atomic E-state index is 11.9. The number of thioether (sulfide) groups is 1. The topological polar surface area (TPSA) is 72.6 Å². The van der Waals surface area contributed by atoms with Crippen LogP contribution in [-0.2, 0) is 14.3 Å². The Hall–Kier alpha value is -0.860. The Labute approximate surface area is 144 Å². The van der Waals surface area contributed by atoms with E-state index < -0.39 is 11.3 Å². The lowest BCUT2D eigenvalue weighted by Gasteiger charge is -2.48. The van der Waals surface area contributed by atoms with E-state index in [9.17, 15) is 9.59 Å². The molecule has 1 amide bonds. The predicted molar refractivity (Wildman–Crippen MR) is 89.7 cm³/mol. The van der Waals surface area contributed by atoms with E-state index in [1.165, 1.54) is 4.90 Å². The van der Waals surface area contributed by atoms with E-state index in [-0.39, 0.29) is 11.3 Å². The molecule has 126 valence electrons. The first-order chi connectivity index (χ1) is 10.9. The Morgan fingerprint density at radius 1 is 1.52 bits per heavy atom. The van der Waals surface area contributed by atoms with Crippen LogP contribution in [0.3, 0.4) is 0 Å². The largest absolute Gasteiger partial charge is 0.370 e. The minimum absolute atomic E-state index is 0.166. The van der Waals surface area contributed by atoms with Crippen LogP contribution in [0, 0.1) is 0 Å². The number of hydrogen-bond acceptors (Lipinski definition) is 5. The van der Waals surface area contributed by atoms with E-state index >= 15 is 0 Å². The number of quaternary nitrogens is 1. The second-order valence-corrected chi connectivity index (χ2v) is 7.80. The highest BCUT2D eigenvalue weighted by Crippen LogP contribution is 2.40. The molecule has 2 atom stereocenters. The van der Waals surface area contributed by atoms with E-state index in [1.807, 2.05) is 6.08 Å². The van der Waals surface area contributed by atoms with Gasteiger partial charge in [-0.2, -0.15) is 0 Å². The molecule has 0 saturated carbocycles. The summed E-state index contributed by atoms with van der Waals surface area (Å²) in [7, 11) is 2.19. The summed E-state index contributed by atoms with van der Waals surface area (Å²) >= 11 is 7.29. The highest BCUT2D eigenvalue weighted by atomic mass is 35.5. The van der Waals surface area contributed by atoms with Crippen molar-refractivity contribution in [3.05, 3.63) is 23.4 Å². The standard InChI is InChI=1S/C15H21ClN3O3S/c1-19(5-7-22-8-6-19)4-2-3-10-9-23-15-11(17)14(21)18(15)12(10)13(16)20/h2-3,11,15H,4-9,17H2,1H3/q+1/b3-2+/t11-,15-/m1/s1. The van der Waals surface area contributed by atoms with Gasteiger partial charge in [0.05, 0.1) is 26.8 Å². The number of likely N-dealkylation sites (N-methyl/N-ethyl adjacent to an activating group) is 1. The Morgan fingerprint density at radius 3 is 2.87 bits per heavy atom. The van der Waals surface area contributed by atoms with Crippen LogP contribution in [0.4, 0.5) is 0 Å². The summed E-state index contributed by atoms with van der Waals surface area (Å²) in [5.41, 5.74) is 6.87. The van der Waals surface area contributed by atoms with Crippen molar-refractivity contribution in [2.45, 2.75) is 11.4 Å². The van der Waals surface area contributed by atoms with Crippen molar-refractivity contribution in [1.82, 2.24) is 4.90 Å². The molecule has 0 aliphatic carbocycles. The fourth-order valence-corrected chi connectivity index (χ4v) is 4.54. The van der Waals surface area contributed by atoms with Gasteiger partial charge in [-0.3, -0.25) is 14.5 Å². The summed E-state index contributed by atoms with van der Waals surface area (Å²) in [6.07, 6.45) is 3.99. The minimum Gasteiger partial charge on any atom is -0.370 e. The van der Waals surface area contributed by atoms with Crippen LogP contribution < -0.4 is 5.73 Å². The van der Waals surface area contributed by atoms with Gasteiger partial charge in [0.25, 0.3) is 5.24 Å². The van der Waals surface area contributed by atoms with Crippen molar-refractivity contribution in [3.8, 4) is 0 Å². The van der Waals surface area contributed by atoms with Gasteiger partial charge >= 0.3 is 0 Å². The van der Waals surface area contributed by atoms with Crippen molar-refractivity contribution in [2.75, 3.05) is 45.6 Å². The van der Waals surface area contributed by atoms with Gasteiger partial charge in [-0.05, 0) is 23.3 Å². The molecule has 3 heterocycles. The van der Waals surface area contributed by atoms with Crippen LogP contribution in [0.15, 0.2) is 23.4 Å². The number of halogens is 1. The molecule has 0 aromatic carbocycles. The third-order valence-electron chi connectivity index (χ3n) is 4.64. The Balaban J connectivity index is 1.75. The van der Waals surface area contributed by atoms with E-state index in [1.54, 1.807) is 11.8 Å². The molecule has 8 heteroatoms. The van der Waals surface area contributed by atoms with Crippen LogP contribution in [-0.4, -0.2) is 77.6 Å². The number of amides is 1. The van der Waals surface area contributed by atoms with E-state index in [0.29, 0.717) is 11.4 Å². The molecule has 2 fully saturated rings. The van der Waals surface area contributed by atoms with Crippen LogP contribution in [0.5, 0.6) is 0 Å². The zero-order valence-corrected chi connectivity index (χ0v) is 14.6. The molecule has 6 nitrogen and oxygen atoms in total. The molecule has 0 unspecified atom stereocenters. The fourth-order valence-electron chi connectivity index (χ4n) is 3.06. The number of hydrogen-bond donors (Lipinski definition) is 1. The predicted octanol–water partition coefficient (Wildman–Crippen LogP) is 0.281. The Morgan fingerprint density at radius 2 is 2.22 bits per heavy atom. The zero-order valence-electron chi connectivity index (χ0n) is 13.0. The van der Waals surface area contributed by atoms with Gasteiger partial charge in [0.2, 0.25) is 5.91 Å². The monoisotopic (exact) mass is 358 g/mol. The number of fused-ring (bicyclic) bond motifs is 1. The molecular formula is C15H21ClN3O3S+. The Kier molecular flexibility index (Phi) is 4.85. The summed E-state index contributed by atoms with van der Waals surface area (Å²) in [5.74, 6) is 0.406. The van der Waals surface area contributed by atoms with Gasteiger partial charge in [0.1, 0.15) is 30.2 Å². The molecular weight excluding hydrogens is 338 g/mol. The lowest BCUT2D eigenvalue weighted by Crippen LogP contribution is -2.68. The SMILES string of the molecule is C[N+]1(C/C=C/C2=C(C(=O)Cl)N3C(=O)[C@@H](N)[C@H]3SC2)CCOCC1. The third kappa shape index (κ3) is 3.21. The summed E-state index contributed by atoms with van der Waals surface area (Å²) in [6.45, 7) is 4.35. The number of morpholine rings is 1. The van der Waals surface area contributed by atoms with Gasteiger partial charge in [0.15, 0.2) is 0 Å². The number of ether oxygens (including phenoxy) is 1. The first-order valence-corrected chi connectivity index (χ1v) is 9.07. The number of carbonyl (C=O) groups excluding carboxylic acids is 2. The van der Waals surface area contributed by atoms with Crippen LogP contribution >= 0.6 is 23.4 Å². The van der Waals surface area contributed by atoms with Crippen LogP contribution in [0.1, 0.15) is 0 Å². The maximum atomic E-state index is 11.9. The van der Waals surface area contributed by atoms with Crippen molar-refractivity contribution >= 4 is 34.5 Å². The van der Waals surface area contributed by atoms with E-state index in [0.717, 1.165) is 42.9 Å². The minimum atomic E-state index is -0.595. The van der Waals surface area contributed by atoms with Crippen molar-refractivity contribution < 1.29 is 18.8 Å². The second-order valence-electron chi connectivity index (χ2n) is 6.35. The number of allylic oxidation sites excluding steroid dienone is 2. The zero-order chi connectivity index (χ0) is 16.6. The molecule has 2 saturated heterocycles. The van der Waals surface area contributed by atoms with Gasteiger partial charge < -0.3 is 15.0 Å². The summed E-state index contributed by atoms with van der Waals surface area (Å²) in [5, 5.41) is -0.761. The average Bonchev–Trinajstić information content (AvgIpc) is 2.53. The molecule has 0 bridgehead atoms. The highest BCUT2D eigenvalue weighted by Gasteiger charge is 2.51. The fraction of sp³-hybridized carbons (Fsp3) is 0.600. The molecule has 0 radical (unpaired) electrons. The number of carbonyl (C=O) groups is 2. The first-order valence-electron chi connectivity index (χ1n) is 7.64. The number of rotatable bonds is 4. The quantitative estimate of drug-likeness (QED) is 0.444. The van der Waals surface area contributed by atoms with E-state index in [2.05, 4.69) is 13.1 Å². The molecule has 0 aromatic heterocycles. The summed E-state index contributed by atoms with van der Waals surface area (Å²) in [4.78, 5) is 25.2. The van der Waals surface area contributed by atoms with Gasteiger partial charge in [-0.1, -0.05) is 6.08 Å². The van der Waals surface area contributed by atoms with Gasteiger partial charge in [0, 0.05) is 5.75 Å². The molecule has 0 spiro atoms. The molecule has 0 aromatic rings. The highest BCUT2D eigenvalue weighted by molar-refractivity contribution is 8.00. The molecule has 3 aliphatic rings. The number of nitrogens with two attached hydrogens (primary N) is 1. The lowest BCUT2D eigenvalue weighted by atomic mass is 10.0. The van der Waals surface area contributed by atoms with Gasteiger partial charge in [-0.25, -0.2) is 0 Å². The molecule has 3 aliphatic heterocycles. The third-order valence-corrected chi connectivity index (χ3v) is 6.14. The normalized spacial score (nSPS) is 30.4. The van der Waals surface area contributed by atoms with Crippen LogP contribution in [0.2, 0.25) is 0 Å². The first kappa shape index (κ1) is 17.0. The van der Waals surface area contributed by atoms with Crippen molar-refractivity contribution in [2.24, 2.45) is 5.73 Å². The smallest absolute Gasteiger partial charge is 0.269 e. The second kappa shape index (κ2) is 6.57. The molecule has 3 rings (SSSR count). The average molecular weight is 359 g/mol. The lowest BCUT2D eigenvalue weighted by molar-refractivity contribution is -0.911.